The van der Waals surface area contributed by atoms with E-state index in [0.29, 0.717) is 13.0 Å². The summed E-state index contributed by atoms with van der Waals surface area (Å²) in [5.41, 5.74) is 0.721. The Morgan fingerprint density at radius 3 is 2.89 bits per heavy atom. The second-order valence-corrected chi connectivity index (χ2v) is 7.13. The minimum atomic E-state index is -0.154. The Kier molecular flexibility index (Phi) is 7.82. The van der Waals surface area contributed by atoms with Crippen LogP contribution in [0.5, 0.6) is 0 Å². The van der Waals surface area contributed by atoms with Crippen LogP contribution in [0.3, 0.4) is 0 Å². The topological polar surface area (TPSA) is 67.1 Å². The standard InChI is InChI=1S/C21H31FN6/c1-2-23-21(25-15-13-17-9-5-6-10-18(17)22)24-14-8-12-20-27-26-19-11-4-3-7-16-28(19)20/h5-6,9-10H,2-4,7-8,11-16H2,1H3,(H2,23,24,25). The molecule has 1 aliphatic rings. The van der Waals surface area contributed by atoms with Gasteiger partial charge >= 0.3 is 0 Å². The normalized spacial score (nSPS) is 14.4. The first-order chi connectivity index (χ1) is 13.8. The summed E-state index contributed by atoms with van der Waals surface area (Å²) >= 11 is 0. The molecule has 7 heteroatoms. The van der Waals surface area contributed by atoms with Crippen molar-refractivity contribution in [2.75, 3.05) is 19.6 Å². The zero-order chi connectivity index (χ0) is 19.6. The molecule has 0 fully saturated rings. The highest BCUT2D eigenvalue weighted by Crippen LogP contribution is 2.15. The number of nitrogens with one attached hydrogen (secondary N) is 2. The first-order valence-corrected chi connectivity index (χ1v) is 10.4. The Morgan fingerprint density at radius 2 is 2.04 bits per heavy atom. The summed E-state index contributed by atoms with van der Waals surface area (Å²) in [4.78, 5) is 4.64. The third kappa shape index (κ3) is 5.78. The molecule has 0 aliphatic carbocycles. The Balaban J connectivity index is 1.45. The van der Waals surface area contributed by atoms with Crippen molar-refractivity contribution in [3.8, 4) is 0 Å². The zero-order valence-corrected chi connectivity index (χ0v) is 16.8. The van der Waals surface area contributed by atoms with Crippen LogP contribution in [-0.2, 0) is 25.8 Å². The summed E-state index contributed by atoms with van der Waals surface area (Å²) < 4.78 is 16.0. The monoisotopic (exact) mass is 386 g/mol. The number of guanidine groups is 1. The van der Waals surface area contributed by atoms with Crippen LogP contribution in [0, 0.1) is 5.82 Å². The number of benzene rings is 1. The van der Waals surface area contributed by atoms with E-state index in [1.54, 1.807) is 6.07 Å². The summed E-state index contributed by atoms with van der Waals surface area (Å²) in [7, 11) is 0. The molecule has 0 saturated carbocycles. The second-order valence-electron chi connectivity index (χ2n) is 7.13. The van der Waals surface area contributed by atoms with Crippen LogP contribution >= 0.6 is 0 Å². The van der Waals surface area contributed by atoms with Crippen LogP contribution in [0.2, 0.25) is 0 Å². The van der Waals surface area contributed by atoms with Gasteiger partial charge in [0.25, 0.3) is 0 Å². The fourth-order valence-corrected chi connectivity index (χ4v) is 3.52. The van der Waals surface area contributed by atoms with Crippen molar-refractivity contribution in [2.45, 2.75) is 58.4 Å². The largest absolute Gasteiger partial charge is 0.357 e. The lowest BCUT2D eigenvalue weighted by atomic mass is 10.1. The maximum absolute atomic E-state index is 13.7. The molecule has 2 heterocycles. The Labute approximate surface area is 166 Å². The summed E-state index contributed by atoms with van der Waals surface area (Å²) in [5.74, 6) is 2.85. The van der Waals surface area contributed by atoms with Gasteiger partial charge in [0, 0.05) is 39.0 Å². The van der Waals surface area contributed by atoms with E-state index in [1.165, 1.54) is 25.3 Å². The molecule has 0 bridgehead atoms. The number of hydrogen-bond donors (Lipinski definition) is 2. The van der Waals surface area contributed by atoms with E-state index in [2.05, 4.69) is 30.4 Å². The molecule has 152 valence electrons. The fourth-order valence-electron chi connectivity index (χ4n) is 3.52. The molecule has 0 radical (unpaired) electrons. The first kappa shape index (κ1) is 20.3. The molecule has 1 aromatic carbocycles. The number of aromatic nitrogens is 3. The third-order valence-corrected chi connectivity index (χ3v) is 5.00. The number of aryl methyl sites for hydroxylation is 2. The highest BCUT2D eigenvalue weighted by Gasteiger charge is 2.14. The SMILES string of the molecule is CCNC(=NCCCc1nnc2n1CCCCC2)NCCc1ccccc1F. The number of nitrogens with zero attached hydrogens (tertiary/aromatic N) is 4. The second kappa shape index (κ2) is 10.8. The van der Waals surface area contributed by atoms with Gasteiger partial charge in [0.1, 0.15) is 17.5 Å². The smallest absolute Gasteiger partial charge is 0.191 e. The van der Waals surface area contributed by atoms with Gasteiger partial charge in [-0.15, -0.1) is 10.2 Å². The van der Waals surface area contributed by atoms with Crippen LogP contribution in [0.1, 0.15) is 49.8 Å². The lowest BCUT2D eigenvalue weighted by Crippen LogP contribution is -2.38. The van der Waals surface area contributed by atoms with Crippen LogP contribution in [-0.4, -0.2) is 40.4 Å². The molecule has 2 aromatic rings. The van der Waals surface area contributed by atoms with Crippen LogP contribution in [0.4, 0.5) is 4.39 Å². The van der Waals surface area contributed by atoms with Gasteiger partial charge in [-0.1, -0.05) is 24.6 Å². The van der Waals surface area contributed by atoms with Crippen molar-refractivity contribution < 1.29 is 4.39 Å². The predicted molar refractivity (Wildman–Crippen MR) is 110 cm³/mol. The van der Waals surface area contributed by atoms with E-state index >= 15 is 0 Å². The highest BCUT2D eigenvalue weighted by atomic mass is 19.1. The van der Waals surface area contributed by atoms with Crippen molar-refractivity contribution in [3.63, 3.8) is 0 Å². The van der Waals surface area contributed by atoms with Gasteiger partial charge in [-0.2, -0.15) is 0 Å². The molecule has 3 rings (SSSR count). The Morgan fingerprint density at radius 1 is 1.14 bits per heavy atom. The molecule has 0 atom stereocenters. The van der Waals surface area contributed by atoms with Crippen molar-refractivity contribution >= 4 is 5.96 Å². The van der Waals surface area contributed by atoms with E-state index in [1.807, 2.05) is 19.1 Å². The molecule has 0 amide bonds. The number of hydrogen-bond acceptors (Lipinski definition) is 3. The van der Waals surface area contributed by atoms with Crippen molar-refractivity contribution in [2.24, 2.45) is 4.99 Å². The van der Waals surface area contributed by atoms with E-state index in [4.69, 9.17) is 0 Å². The molecule has 28 heavy (non-hydrogen) atoms. The summed E-state index contributed by atoms with van der Waals surface area (Å²) in [5, 5.41) is 15.3. The molecule has 6 nitrogen and oxygen atoms in total. The van der Waals surface area contributed by atoms with Gasteiger partial charge in [0.15, 0.2) is 5.96 Å². The lowest BCUT2D eigenvalue weighted by Gasteiger charge is -2.11. The zero-order valence-electron chi connectivity index (χ0n) is 16.8. The Hall–Kier alpha value is -2.44. The van der Waals surface area contributed by atoms with E-state index < -0.39 is 0 Å². The number of rotatable bonds is 8. The molecule has 0 unspecified atom stereocenters. The average Bonchev–Trinajstić information content (AvgIpc) is 2.93. The molecule has 2 N–H and O–H groups in total. The van der Waals surface area contributed by atoms with Gasteiger partial charge in [-0.05, 0) is 44.2 Å². The van der Waals surface area contributed by atoms with Crippen LogP contribution < -0.4 is 10.6 Å². The lowest BCUT2D eigenvalue weighted by molar-refractivity contribution is 0.597. The number of fused-ring (bicyclic) bond motifs is 1. The molecular weight excluding hydrogens is 355 g/mol. The van der Waals surface area contributed by atoms with Crippen molar-refractivity contribution in [1.29, 1.82) is 0 Å². The van der Waals surface area contributed by atoms with E-state index in [0.717, 1.165) is 62.1 Å². The Bertz CT molecular complexity index is 770. The van der Waals surface area contributed by atoms with Crippen LogP contribution in [0.25, 0.3) is 0 Å². The molecule has 1 aliphatic heterocycles. The van der Waals surface area contributed by atoms with Gasteiger partial charge in [-0.3, -0.25) is 4.99 Å². The number of aliphatic imine (C=N–C) groups is 1. The quantitative estimate of drug-likeness (QED) is 0.416. The highest BCUT2D eigenvalue weighted by molar-refractivity contribution is 5.79. The average molecular weight is 387 g/mol. The third-order valence-electron chi connectivity index (χ3n) is 5.00. The van der Waals surface area contributed by atoms with Gasteiger partial charge in [0.2, 0.25) is 0 Å². The summed E-state index contributed by atoms with van der Waals surface area (Å²) in [6.45, 7) is 5.24. The maximum atomic E-state index is 13.7. The summed E-state index contributed by atoms with van der Waals surface area (Å²) in [6, 6.07) is 6.90. The molecular formula is C21H31FN6. The van der Waals surface area contributed by atoms with Crippen LogP contribution in [0.15, 0.2) is 29.3 Å². The van der Waals surface area contributed by atoms with E-state index in [-0.39, 0.29) is 5.82 Å². The predicted octanol–water partition coefficient (Wildman–Crippen LogP) is 2.87. The van der Waals surface area contributed by atoms with Gasteiger partial charge in [0.05, 0.1) is 0 Å². The number of halogens is 1. The van der Waals surface area contributed by atoms with Gasteiger partial charge < -0.3 is 15.2 Å². The van der Waals surface area contributed by atoms with E-state index in [9.17, 15) is 4.39 Å². The first-order valence-electron chi connectivity index (χ1n) is 10.4. The fraction of sp³-hybridized carbons (Fsp3) is 0.571. The molecule has 0 saturated heterocycles. The minimum absolute atomic E-state index is 0.154. The van der Waals surface area contributed by atoms with Crippen molar-refractivity contribution in [3.05, 3.63) is 47.3 Å². The maximum Gasteiger partial charge on any atom is 0.191 e. The van der Waals surface area contributed by atoms with Crippen molar-refractivity contribution in [1.82, 2.24) is 25.4 Å². The summed E-state index contributed by atoms with van der Waals surface area (Å²) in [6.07, 6.45) is 7.20. The van der Waals surface area contributed by atoms with Gasteiger partial charge in [-0.25, -0.2) is 4.39 Å². The molecule has 1 aromatic heterocycles. The molecule has 0 spiro atoms. The minimum Gasteiger partial charge on any atom is -0.357 e.